The van der Waals surface area contributed by atoms with Crippen molar-refractivity contribution in [2.45, 2.75) is 12.5 Å². The van der Waals surface area contributed by atoms with Crippen LogP contribution in [-0.4, -0.2) is 43.2 Å². The van der Waals surface area contributed by atoms with Crippen LogP contribution in [0, 0.1) is 0 Å². The number of aliphatic carboxylic acids is 1. The summed E-state index contributed by atoms with van der Waals surface area (Å²) >= 11 is 0. The molecule has 0 heterocycles. The van der Waals surface area contributed by atoms with Crippen LogP contribution in [-0.2, 0) is 9.59 Å². The van der Waals surface area contributed by atoms with Gasteiger partial charge in [0.1, 0.15) is 0 Å². The molecule has 0 saturated heterocycles. The molecule has 0 rings (SSSR count). The number of rotatable bonds is 6. The van der Waals surface area contributed by atoms with E-state index in [1.807, 2.05) is 0 Å². The van der Waals surface area contributed by atoms with Crippen molar-refractivity contribution in [2.24, 2.45) is 5.73 Å². The zero-order valence-electron chi connectivity index (χ0n) is 7.54. The highest BCUT2D eigenvalue weighted by Gasteiger charge is 2.15. The molecule has 0 radical (unpaired) electrons. The highest BCUT2D eigenvalue weighted by atomic mass is 16.4. The lowest BCUT2D eigenvalue weighted by Crippen LogP contribution is -2.43. The van der Waals surface area contributed by atoms with Crippen molar-refractivity contribution < 1.29 is 14.7 Å². The number of likely N-dealkylation sites (N-methyl/N-ethyl adjacent to an activating group) is 1. The fourth-order valence-electron chi connectivity index (χ4n) is 0.723. The van der Waals surface area contributed by atoms with Gasteiger partial charge in [-0.05, 0) is 7.05 Å². The third-order valence-corrected chi connectivity index (χ3v) is 1.41. The summed E-state index contributed by atoms with van der Waals surface area (Å²) in [6.45, 7) is 1.08. The van der Waals surface area contributed by atoms with Gasteiger partial charge in [0, 0.05) is 13.1 Å². The van der Waals surface area contributed by atoms with Gasteiger partial charge in [-0.15, -0.1) is 0 Å². The molecule has 5 N–H and O–H groups in total. The SMILES string of the molecule is CNCCNC(=O)C(N)CC(=O)O. The van der Waals surface area contributed by atoms with Crippen molar-refractivity contribution in [3.05, 3.63) is 0 Å². The molecule has 1 atom stereocenters. The zero-order valence-corrected chi connectivity index (χ0v) is 7.54. The van der Waals surface area contributed by atoms with Gasteiger partial charge in [-0.1, -0.05) is 0 Å². The van der Waals surface area contributed by atoms with Crippen LogP contribution in [0.3, 0.4) is 0 Å². The summed E-state index contributed by atoms with van der Waals surface area (Å²) in [6.07, 6.45) is -0.342. The lowest BCUT2D eigenvalue weighted by Gasteiger charge is -2.09. The maximum Gasteiger partial charge on any atom is 0.305 e. The van der Waals surface area contributed by atoms with Crippen molar-refractivity contribution in [1.82, 2.24) is 10.6 Å². The quantitative estimate of drug-likeness (QED) is 0.366. The van der Waals surface area contributed by atoms with Gasteiger partial charge in [0.05, 0.1) is 12.5 Å². The van der Waals surface area contributed by atoms with Crippen LogP contribution in [0.4, 0.5) is 0 Å². The Morgan fingerprint density at radius 1 is 1.46 bits per heavy atom. The van der Waals surface area contributed by atoms with Gasteiger partial charge >= 0.3 is 5.97 Å². The first-order valence-electron chi connectivity index (χ1n) is 3.97. The predicted molar refractivity (Wildman–Crippen MR) is 47.2 cm³/mol. The van der Waals surface area contributed by atoms with Crippen LogP contribution in [0.5, 0.6) is 0 Å². The first kappa shape index (κ1) is 11.9. The molecule has 6 heteroatoms. The molecule has 0 aromatic carbocycles. The Morgan fingerprint density at radius 2 is 2.08 bits per heavy atom. The topological polar surface area (TPSA) is 104 Å². The zero-order chi connectivity index (χ0) is 10.3. The minimum Gasteiger partial charge on any atom is -0.481 e. The minimum absolute atomic E-state index is 0.342. The molecule has 76 valence electrons. The number of hydrogen-bond donors (Lipinski definition) is 4. The van der Waals surface area contributed by atoms with Crippen molar-refractivity contribution in [1.29, 1.82) is 0 Å². The van der Waals surface area contributed by atoms with E-state index >= 15 is 0 Å². The third kappa shape index (κ3) is 6.06. The van der Waals surface area contributed by atoms with E-state index < -0.39 is 17.9 Å². The molecule has 6 nitrogen and oxygen atoms in total. The highest BCUT2D eigenvalue weighted by molar-refractivity contribution is 5.85. The predicted octanol–water partition coefficient (Wildman–Crippen LogP) is -1.88. The average Bonchev–Trinajstić information content (AvgIpc) is 2.03. The Hall–Kier alpha value is -1.14. The second kappa shape index (κ2) is 6.38. The summed E-state index contributed by atoms with van der Waals surface area (Å²) in [5.74, 6) is -1.51. The summed E-state index contributed by atoms with van der Waals surface area (Å²) < 4.78 is 0. The fraction of sp³-hybridized carbons (Fsp3) is 0.714. The Bertz CT molecular complexity index is 184. The van der Waals surface area contributed by atoms with Gasteiger partial charge < -0.3 is 21.5 Å². The Kier molecular flexibility index (Phi) is 5.82. The van der Waals surface area contributed by atoms with Gasteiger partial charge in [-0.3, -0.25) is 9.59 Å². The molecule has 0 bridgehead atoms. The van der Waals surface area contributed by atoms with E-state index in [-0.39, 0.29) is 6.42 Å². The second-order valence-electron chi connectivity index (χ2n) is 2.60. The van der Waals surface area contributed by atoms with E-state index in [0.29, 0.717) is 13.1 Å². The lowest BCUT2D eigenvalue weighted by atomic mass is 10.2. The normalized spacial score (nSPS) is 12.2. The van der Waals surface area contributed by atoms with Crippen molar-refractivity contribution in [3.8, 4) is 0 Å². The monoisotopic (exact) mass is 189 g/mol. The molecular weight excluding hydrogens is 174 g/mol. The smallest absolute Gasteiger partial charge is 0.305 e. The largest absolute Gasteiger partial charge is 0.481 e. The lowest BCUT2D eigenvalue weighted by molar-refractivity contribution is -0.139. The van der Waals surface area contributed by atoms with Crippen LogP contribution in [0.25, 0.3) is 0 Å². The van der Waals surface area contributed by atoms with Crippen molar-refractivity contribution in [2.75, 3.05) is 20.1 Å². The Morgan fingerprint density at radius 3 is 2.54 bits per heavy atom. The first-order chi connectivity index (χ1) is 6.07. The van der Waals surface area contributed by atoms with E-state index in [9.17, 15) is 9.59 Å². The van der Waals surface area contributed by atoms with E-state index in [2.05, 4.69) is 10.6 Å². The van der Waals surface area contributed by atoms with Crippen LogP contribution in [0.2, 0.25) is 0 Å². The first-order valence-corrected chi connectivity index (χ1v) is 3.97. The van der Waals surface area contributed by atoms with Gasteiger partial charge in [0.25, 0.3) is 0 Å². The van der Waals surface area contributed by atoms with Gasteiger partial charge in [-0.25, -0.2) is 0 Å². The van der Waals surface area contributed by atoms with Crippen LogP contribution >= 0.6 is 0 Å². The molecule has 0 aromatic rings. The number of carboxylic acid groups (broad SMARTS) is 1. The van der Waals surface area contributed by atoms with Crippen molar-refractivity contribution in [3.63, 3.8) is 0 Å². The molecular formula is C7H15N3O3. The number of amides is 1. The molecule has 0 fully saturated rings. The highest BCUT2D eigenvalue weighted by Crippen LogP contribution is 1.87. The molecule has 0 aliphatic rings. The van der Waals surface area contributed by atoms with E-state index in [0.717, 1.165) is 0 Å². The van der Waals surface area contributed by atoms with Crippen LogP contribution in [0.15, 0.2) is 0 Å². The number of nitrogens with one attached hydrogen (secondary N) is 2. The summed E-state index contributed by atoms with van der Waals surface area (Å²) in [7, 11) is 1.75. The number of carbonyl (C=O) groups is 2. The minimum atomic E-state index is -1.07. The summed E-state index contributed by atoms with van der Waals surface area (Å²) in [6, 6.07) is -0.964. The molecule has 1 amide bonds. The molecule has 0 aliphatic heterocycles. The second-order valence-corrected chi connectivity index (χ2v) is 2.60. The summed E-state index contributed by atoms with van der Waals surface area (Å²) in [4.78, 5) is 21.2. The van der Waals surface area contributed by atoms with Gasteiger partial charge in [0.2, 0.25) is 5.91 Å². The van der Waals surface area contributed by atoms with Crippen LogP contribution < -0.4 is 16.4 Å². The molecule has 0 spiro atoms. The van der Waals surface area contributed by atoms with E-state index in [1.165, 1.54) is 0 Å². The van der Waals surface area contributed by atoms with Gasteiger partial charge in [0.15, 0.2) is 0 Å². The average molecular weight is 189 g/mol. The van der Waals surface area contributed by atoms with Crippen molar-refractivity contribution >= 4 is 11.9 Å². The van der Waals surface area contributed by atoms with E-state index in [1.54, 1.807) is 7.05 Å². The maximum absolute atomic E-state index is 11.0. The maximum atomic E-state index is 11.0. The number of carboxylic acids is 1. The molecule has 0 aliphatic carbocycles. The molecule has 13 heavy (non-hydrogen) atoms. The molecule has 0 saturated carbocycles. The Balaban J connectivity index is 3.63. The number of hydrogen-bond acceptors (Lipinski definition) is 4. The standard InChI is InChI=1S/C7H15N3O3/c1-9-2-3-10-7(13)5(8)4-6(11)12/h5,9H,2-4,8H2,1H3,(H,10,13)(H,11,12). The van der Waals surface area contributed by atoms with Crippen LogP contribution in [0.1, 0.15) is 6.42 Å². The molecule has 1 unspecified atom stereocenters. The fourth-order valence-corrected chi connectivity index (χ4v) is 0.723. The number of nitrogens with two attached hydrogens (primary N) is 1. The third-order valence-electron chi connectivity index (χ3n) is 1.41. The van der Waals surface area contributed by atoms with Gasteiger partial charge in [-0.2, -0.15) is 0 Å². The van der Waals surface area contributed by atoms with E-state index in [4.69, 9.17) is 10.8 Å². The molecule has 0 aromatic heterocycles. The summed E-state index contributed by atoms with van der Waals surface area (Å²) in [5, 5.41) is 13.7. The Labute approximate surface area is 76.5 Å². The number of carbonyl (C=O) groups excluding carboxylic acids is 1. The summed E-state index contributed by atoms with van der Waals surface area (Å²) in [5.41, 5.74) is 5.29.